The van der Waals surface area contributed by atoms with Crippen molar-refractivity contribution in [2.24, 2.45) is 0 Å². The first-order valence-corrected chi connectivity index (χ1v) is 12.0. The molecule has 2 aromatic carbocycles. The number of benzene rings is 2. The Morgan fingerprint density at radius 1 is 1.17 bits per heavy atom. The van der Waals surface area contributed by atoms with Crippen molar-refractivity contribution in [1.29, 1.82) is 0 Å². The highest BCUT2D eigenvalue weighted by molar-refractivity contribution is 8.01. The summed E-state index contributed by atoms with van der Waals surface area (Å²) in [5, 5.41) is 22.6. The molecule has 178 valence electrons. The van der Waals surface area contributed by atoms with Crippen LogP contribution in [0.15, 0.2) is 70.3 Å². The Kier molecular flexibility index (Phi) is 6.36. The van der Waals surface area contributed by atoms with Crippen LogP contribution < -0.4 is 0 Å². The maximum Gasteiger partial charge on any atom is 0.247 e. The molecule has 35 heavy (non-hydrogen) atoms. The molecule has 0 bridgehead atoms. The van der Waals surface area contributed by atoms with Gasteiger partial charge >= 0.3 is 0 Å². The van der Waals surface area contributed by atoms with Crippen LogP contribution in [0.1, 0.15) is 12.5 Å². The molecular formula is C22H17F2N7O2S2. The molecule has 0 saturated heterocycles. The third-order valence-electron chi connectivity index (χ3n) is 5.37. The molecule has 5 aromatic rings. The number of hydrogen-bond donors (Lipinski definition) is 1. The summed E-state index contributed by atoms with van der Waals surface area (Å²) in [6.45, 7) is 1.65. The largest absolute Gasteiger partial charge is 0.423 e. The van der Waals surface area contributed by atoms with Crippen molar-refractivity contribution in [1.82, 2.24) is 34.3 Å². The average Bonchev–Trinajstić information content (AvgIpc) is 3.62. The van der Waals surface area contributed by atoms with E-state index in [1.54, 1.807) is 6.92 Å². The molecule has 13 heteroatoms. The maximum atomic E-state index is 14.7. The molecule has 3 heterocycles. The minimum atomic E-state index is -1.74. The SMILES string of the molecule is C[C@@H](Sc1nc(-c2ccc(-c3nnco3)cc2)ns1)C(O)(Cn1cncn1)c1ccc(F)cc1F. The first-order valence-electron chi connectivity index (χ1n) is 10.3. The van der Waals surface area contributed by atoms with Crippen molar-refractivity contribution in [3.05, 3.63) is 78.7 Å². The Labute approximate surface area is 206 Å². The number of halogens is 2. The average molecular weight is 514 g/mol. The first kappa shape index (κ1) is 23.2. The maximum absolute atomic E-state index is 14.7. The Morgan fingerprint density at radius 3 is 2.66 bits per heavy atom. The molecule has 0 amide bonds. The van der Waals surface area contributed by atoms with E-state index in [2.05, 4.69) is 29.6 Å². The molecule has 0 fully saturated rings. The molecule has 0 radical (unpaired) electrons. The number of nitrogens with zero attached hydrogens (tertiary/aromatic N) is 7. The molecule has 1 N–H and O–H groups in total. The minimum absolute atomic E-state index is 0.0456. The highest BCUT2D eigenvalue weighted by Gasteiger charge is 2.40. The summed E-state index contributed by atoms with van der Waals surface area (Å²) in [7, 11) is 0. The lowest BCUT2D eigenvalue weighted by molar-refractivity contribution is 0.0133. The van der Waals surface area contributed by atoms with Gasteiger partial charge in [-0.2, -0.15) is 9.47 Å². The second kappa shape index (κ2) is 9.60. The fraction of sp³-hybridized carbons (Fsp3) is 0.182. The van der Waals surface area contributed by atoms with Gasteiger partial charge in [0, 0.05) is 28.0 Å². The van der Waals surface area contributed by atoms with Crippen LogP contribution in [0, 0.1) is 11.6 Å². The topological polar surface area (TPSA) is 116 Å². The van der Waals surface area contributed by atoms with Gasteiger partial charge in [-0.3, -0.25) is 0 Å². The van der Waals surface area contributed by atoms with Gasteiger partial charge in [-0.15, -0.1) is 10.2 Å². The number of thioether (sulfide) groups is 1. The molecule has 3 aromatic heterocycles. The molecule has 9 nitrogen and oxygen atoms in total. The van der Waals surface area contributed by atoms with Gasteiger partial charge in [-0.25, -0.2) is 23.4 Å². The van der Waals surface area contributed by atoms with Gasteiger partial charge in [-0.1, -0.05) is 30.0 Å². The van der Waals surface area contributed by atoms with Gasteiger partial charge in [0.25, 0.3) is 0 Å². The van der Waals surface area contributed by atoms with E-state index >= 15 is 0 Å². The summed E-state index contributed by atoms with van der Waals surface area (Å²) >= 11 is 2.40. The Balaban J connectivity index is 1.39. The predicted octanol–water partition coefficient (Wildman–Crippen LogP) is 4.19. The van der Waals surface area contributed by atoms with Crippen molar-refractivity contribution < 1.29 is 18.3 Å². The van der Waals surface area contributed by atoms with Gasteiger partial charge in [0.15, 0.2) is 10.2 Å². The van der Waals surface area contributed by atoms with Gasteiger partial charge < -0.3 is 9.52 Å². The third-order valence-corrected chi connectivity index (χ3v) is 7.44. The van der Waals surface area contributed by atoms with E-state index in [4.69, 9.17) is 4.42 Å². The van der Waals surface area contributed by atoms with E-state index < -0.39 is 22.5 Å². The predicted molar refractivity (Wildman–Crippen MR) is 124 cm³/mol. The minimum Gasteiger partial charge on any atom is -0.423 e. The zero-order valence-electron chi connectivity index (χ0n) is 18.1. The standard InChI is InChI=1S/C22H17F2N7O2S2/c1-13(22(32,9-31-11-25-10-27-31)17-7-6-16(23)8-18(17)24)34-21-28-19(30-35-21)14-2-4-15(5-3-14)20-29-26-12-33-20/h2-8,10-13,32H,9H2,1H3/t13-,22?/m1/s1. The molecule has 1 unspecified atom stereocenters. The lowest BCUT2D eigenvalue weighted by Gasteiger charge is -2.33. The van der Waals surface area contributed by atoms with Crippen LogP contribution in [0.4, 0.5) is 8.78 Å². The number of aliphatic hydroxyl groups is 1. The molecule has 5 rings (SSSR count). The van der Waals surface area contributed by atoms with E-state index in [-0.39, 0.29) is 12.1 Å². The summed E-state index contributed by atoms with van der Waals surface area (Å²) in [6, 6.07) is 10.4. The summed E-state index contributed by atoms with van der Waals surface area (Å²) in [5.41, 5.74) is -0.236. The van der Waals surface area contributed by atoms with Crippen LogP contribution in [0.3, 0.4) is 0 Å². The van der Waals surface area contributed by atoms with Crippen molar-refractivity contribution in [3.63, 3.8) is 0 Å². The van der Waals surface area contributed by atoms with E-state index in [1.807, 2.05) is 24.3 Å². The molecule has 0 saturated carbocycles. The van der Waals surface area contributed by atoms with E-state index in [0.717, 1.165) is 34.8 Å². The second-order valence-electron chi connectivity index (χ2n) is 7.61. The van der Waals surface area contributed by atoms with Crippen molar-refractivity contribution in [2.75, 3.05) is 0 Å². The Bertz CT molecular complexity index is 1410. The van der Waals surface area contributed by atoms with E-state index in [9.17, 15) is 13.9 Å². The van der Waals surface area contributed by atoms with Crippen molar-refractivity contribution >= 4 is 23.3 Å². The van der Waals surface area contributed by atoms with Crippen LogP contribution in [0.5, 0.6) is 0 Å². The van der Waals surface area contributed by atoms with Crippen LogP contribution >= 0.6 is 23.3 Å². The molecule has 0 aliphatic rings. The van der Waals surface area contributed by atoms with Crippen LogP contribution in [0.2, 0.25) is 0 Å². The van der Waals surface area contributed by atoms with Gasteiger partial charge in [-0.05, 0) is 36.7 Å². The fourth-order valence-electron chi connectivity index (χ4n) is 3.52. The van der Waals surface area contributed by atoms with Gasteiger partial charge in [0.1, 0.15) is 29.9 Å². The quantitative estimate of drug-likeness (QED) is 0.305. The van der Waals surface area contributed by atoms with Crippen LogP contribution in [-0.4, -0.2) is 44.7 Å². The number of aromatic nitrogens is 7. The number of hydrogen-bond acceptors (Lipinski definition) is 10. The Morgan fingerprint density at radius 2 is 1.97 bits per heavy atom. The van der Waals surface area contributed by atoms with Gasteiger partial charge in [0.05, 0.1) is 6.54 Å². The summed E-state index contributed by atoms with van der Waals surface area (Å²) in [4.78, 5) is 8.46. The Hall–Kier alpha value is -3.55. The molecule has 0 aliphatic heterocycles. The first-order chi connectivity index (χ1) is 16.9. The zero-order chi connectivity index (χ0) is 24.4. The van der Waals surface area contributed by atoms with E-state index in [1.165, 1.54) is 41.6 Å². The van der Waals surface area contributed by atoms with Crippen molar-refractivity contribution in [2.45, 2.75) is 28.7 Å². The molecule has 2 atom stereocenters. The molecular weight excluding hydrogens is 496 g/mol. The lowest BCUT2D eigenvalue weighted by Crippen LogP contribution is -2.41. The third kappa shape index (κ3) is 4.83. The van der Waals surface area contributed by atoms with Crippen LogP contribution in [-0.2, 0) is 12.1 Å². The smallest absolute Gasteiger partial charge is 0.247 e. The van der Waals surface area contributed by atoms with Crippen LogP contribution in [0.25, 0.3) is 22.8 Å². The second-order valence-corrected chi connectivity index (χ2v) is 9.95. The highest BCUT2D eigenvalue weighted by atomic mass is 32.2. The van der Waals surface area contributed by atoms with Crippen molar-refractivity contribution in [3.8, 4) is 22.8 Å². The highest BCUT2D eigenvalue weighted by Crippen LogP contribution is 2.40. The zero-order valence-corrected chi connectivity index (χ0v) is 19.7. The molecule has 0 spiro atoms. The summed E-state index contributed by atoms with van der Waals surface area (Å²) in [6.07, 6.45) is 4.00. The monoisotopic (exact) mass is 513 g/mol. The van der Waals surface area contributed by atoms with E-state index in [0.29, 0.717) is 16.1 Å². The number of rotatable bonds is 8. The molecule has 0 aliphatic carbocycles. The fourth-order valence-corrected chi connectivity index (χ4v) is 5.51. The lowest BCUT2D eigenvalue weighted by atomic mass is 9.90. The normalized spacial score (nSPS) is 14.1. The summed E-state index contributed by atoms with van der Waals surface area (Å²) < 4.78 is 39.9. The van der Waals surface area contributed by atoms with Gasteiger partial charge in [0.2, 0.25) is 12.3 Å². The summed E-state index contributed by atoms with van der Waals surface area (Å²) in [5.74, 6) is -0.657.